The topological polar surface area (TPSA) is 38.1 Å². The van der Waals surface area contributed by atoms with Gasteiger partial charge in [0.2, 0.25) is 0 Å². The van der Waals surface area contributed by atoms with Crippen molar-refractivity contribution in [1.82, 2.24) is 14.7 Å². The van der Waals surface area contributed by atoms with Gasteiger partial charge in [0, 0.05) is 26.3 Å². The molecule has 0 atom stereocenters. The van der Waals surface area contributed by atoms with Gasteiger partial charge < -0.3 is 4.90 Å². The average Bonchev–Trinajstić information content (AvgIpc) is 3.04. The predicted octanol–water partition coefficient (Wildman–Crippen LogP) is 3.85. The highest BCUT2D eigenvalue weighted by Gasteiger charge is 2.16. The minimum absolute atomic E-state index is 0.0447. The first kappa shape index (κ1) is 15.8. The van der Waals surface area contributed by atoms with Crippen molar-refractivity contribution in [3.05, 3.63) is 28.8 Å². The summed E-state index contributed by atoms with van der Waals surface area (Å²) < 4.78 is 2.09. The number of thiophene rings is 1. The van der Waals surface area contributed by atoms with Crippen molar-refractivity contribution in [2.45, 2.75) is 39.7 Å². The minimum atomic E-state index is 0.0447. The second kappa shape index (κ2) is 6.43. The first-order valence-electron chi connectivity index (χ1n) is 7.33. The summed E-state index contributed by atoms with van der Waals surface area (Å²) in [6, 6.07) is 6.02. The minimum Gasteiger partial charge on any atom is -0.344 e. The second-order valence-electron chi connectivity index (χ2n) is 5.70. The Hall–Kier alpha value is -1.62. The molecule has 0 aromatic carbocycles. The molecule has 0 aliphatic rings. The van der Waals surface area contributed by atoms with Gasteiger partial charge in [0.1, 0.15) is 5.69 Å². The van der Waals surface area contributed by atoms with Gasteiger partial charge >= 0.3 is 0 Å². The Labute approximate surface area is 130 Å². The molecule has 0 fully saturated rings. The molecule has 114 valence electrons. The van der Waals surface area contributed by atoms with E-state index in [-0.39, 0.29) is 5.91 Å². The van der Waals surface area contributed by atoms with Crippen molar-refractivity contribution in [2.75, 3.05) is 14.1 Å². The maximum Gasteiger partial charge on any atom is 0.263 e. The lowest BCUT2D eigenvalue weighted by molar-refractivity contribution is 0.0832. The van der Waals surface area contributed by atoms with Crippen LogP contribution in [-0.4, -0.2) is 34.7 Å². The van der Waals surface area contributed by atoms with Crippen LogP contribution in [0.4, 0.5) is 0 Å². The second-order valence-corrected chi connectivity index (χ2v) is 6.78. The zero-order chi connectivity index (χ0) is 15.6. The molecule has 1 amide bonds. The first-order valence-corrected chi connectivity index (χ1v) is 8.15. The van der Waals surface area contributed by atoms with Crippen LogP contribution in [0.1, 0.15) is 48.5 Å². The summed E-state index contributed by atoms with van der Waals surface area (Å²) in [5.74, 6) is 0.490. The first-order chi connectivity index (χ1) is 9.93. The quantitative estimate of drug-likeness (QED) is 0.841. The maximum atomic E-state index is 12.0. The SMILES string of the molecule is CCCn1nc(-c2ccc(C(=O)N(C)C)s2)cc1C(C)C. The Morgan fingerprint density at radius 3 is 2.67 bits per heavy atom. The number of aromatic nitrogens is 2. The van der Waals surface area contributed by atoms with E-state index in [0.29, 0.717) is 5.92 Å². The summed E-state index contributed by atoms with van der Waals surface area (Å²) in [6.45, 7) is 7.46. The smallest absolute Gasteiger partial charge is 0.263 e. The largest absolute Gasteiger partial charge is 0.344 e. The van der Waals surface area contributed by atoms with Gasteiger partial charge in [-0.25, -0.2) is 0 Å². The molecule has 2 heterocycles. The molecule has 2 aromatic rings. The zero-order valence-electron chi connectivity index (χ0n) is 13.4. The molecule has 21 heavy (non-hydrogen) atoms. The molecule has 2 rings (SSSR count). The van der Waals surface area contributed by atoms with Crippen LogP contribution in [0.2, 0.25) is 0 Å². The molecular weight excluding hydrogens is 282 g/mol. The number of nitrogens with zero attached hydrogens (tertiary/aromatic N) is 3. The Bertz CT molecular complexity index is 625. The normalized spacial score (nSPS) is 11.1. The summed E-state index contributed by atoms with van der Waals surface area (Å²) in [5.41, 5.74) is 2.22. The molecule has 0 radical (unpaired) electrons. The maximum absolute atomic E-state index is 12.0. The molecule has 0 bridgehead atoms. The van der Waals surface area contributed by atoms with Crippen LogP contribution in [0.25, 0.3) is 10.6 Å². The van der Waals surface area contributed by atoms with Gasteiger partial charge in [0.05, 0.1) is 9.75 Å². The standard InChI is InChI=1S/C16H23N3OS/c1-6-9-19-13(11(2)3)10-12(17-19)14-7-8-15(21-14)16(20)18(4)5/h7-8,10-11H,6,9H2,1-5H3. The van der Waals surface area contributed by atoms with Crippen molar-refractivity contribution in [1.29, 1.82) is 0 Å². The van der Waals surface area contributed by atoms with E-state index in [0.717, 1.165) is 28.4 Å². The van der Waals surface area contributed by atoms with Crippen LogP contribution in [0.5, 0.6) is 0 Å². The molecule has 0 spiro atoms. The predicted molar refractivity (Wildman–Crippen MR) is 87.9 cm³/mol. The van der Waals surface area contributed by atoms with Crippen molar-refractivity contribution in [3.63, 3.8) is 0 Å². The van der Waals surface area contributed by atoms with Crippen LogP contribution in [0.3, 0.4) is 0 Å². The van der Waals surface area contributed by atoms with Gasteiger partial charge in [-0.2, -0.15) is 5.10 Å². The van der Waals surface area contributed by atoms with E-state index in [1.165, 1.54) is 17.0 Å². The van der Waals surface area contributed by atoms with Crippen molar-refractivity contribution >= 4 is 17.2 Å². The summed E-state index contributed by atoms with van der Waals surface area (Å²) in [7, 11) is 3.54. The summed E-state index contributed by atoms with van der Waals surface area (Å²) in [6.07, 6.45) is 1.07. The molecule has 2 aromatic heterocycles. The fourth-order valence-electron chi connectivity index (χ4n) is 2.22. The molecule has 4 nitrogen and oxygen atoms in total. The lowest BCUT2D eigenvalue weighted by Gasteiger charge is -2.07. The number of hydrogen-bond acceptors (Lipinski definition) is 3. The number of hydrogen-bond donors (Lipinski definition) is 0. The van der Waals surface area contributed by atoms with Gasteiger partial charge in [0.15, 0.2) is 0 Å². The van der Waals surface area contributed by atoms with Gasteiger partial charge in [0.25, 0.3) is 5.91 Å². The molecule has 0 aliphatic heterocycles. The van der Waals surface area contributed by atoms with Crippen LogP contribution in [0.15, 0.2) is 18.2 Å². The Morgan fingerprint density at radius 1 is 1.38 bits per heavy atom. The zero-order valence-corrected chi connectivity index (χ0v) is 14.2. The van der Waals surface area contributed by atoms with Crippen LogP contribution in [0, 0.1) is 0 Å². The van der Waals surface area contributed by atoms with Gasteiger partial charge in [-0.15, -0.1) is 11.3 Å². The van der Waals surface area contributed by atoms with Gasteiger partial charge in [-0.1, -0.05) is 20.8 Å². The molecule has 0 aliphatic carbocycles. The van der Waals surface area contributed by atoms with E-state index in [4.69, 9.17) is 5.10 Å². The molecular formula is C16H23N3OS. The lowest BCUT2D eigenvalue weighted by Crippen LogP contribution is -2.20. The third kappa shape index (κ3) is 3.35. The summed E-state index contributed by atoms with van der Waals surface area (Å²) >= 11 is 1.51. The fourth-order valence-corrected chi connectivity index (χ4v) is 3.20. The summed E-state index contributed by atoms with van der Waals surface area (Å²) in [5, 5.41) is 4.71. The highest BCUT2D eigenvalue weighted by atomic mass is 32.1. The Kier molecular flexibility index (Phi) is 4.83. The van der Waals surface area contributed by atoms with E-state index in [9.17, 15) is 4.79 Å². The number of rotatable bonds is 5. The number of aryl methyl sites for hydroxylation is 1. The summed E-state index contributed by atoms with van der Waals surface area (Å²) in [4.78, 5) is 15.4. The molecule has 0 unspecified atom stereocenters. The van der Waals surface area contributed by atoms with Crippen molar-refractivity contribution in [2.24, 2.45) is 0 Å². The number of carbonyl (C=O) groups is 1. The van der Waals surface area contributed by atoms with E-state index < -0.39 is 0 Å². The molecule has 0 saturated carbocycles. The number of carbonyl (C=O) groups excluding carboxylic acids is 1. The lowest BCUT2D eigenvalue weighted by atomic mass is 10.1. The van der Waals surface area contributed by atoms with Crippen molar-refractivity contribution in [3.8, 4) is 10.6 Å². The third-order valence-electron chi connectivity index (χ3n) is 3.31. The number of amides is 1. The fraction of sp³-hybridized carbons (Fsp3) is 0.500. The van der Waals surface area contributed by atoms with Gasteiger partial charge in [-0.05, 0) is 30.5 Å². The van der Waals surface area contributed by atoms with Crippen LogP contribution >= 0.6 is 11.3 Å². The van der Waals surface area contributed by atoms with Crippen LogP contribution < -0.4 is 0 Å². The molecule has 0 N–H and O–H groups in total. The highest BCUT2D eigenvalue weighted by molar-refractivity contribution is 7.17. The van der Waals surface area contributed by atoms with E-state index >= 15 is 0 Å². The highest BCUT2D eigenvalue weighted by Crippen LogP contribution is 2.30. The molecule has 0 saturated heterocycles. The van der Waals surface area contributed by atoms with Gasteiger partial charge in [-0.3, -0.25) is 9.48 Å². The van der Waals surface area contributed by atoms with E-state index in [1.807, 2.05) is 12.1 Å². The van der Waals surface area contributed by atoms with E-state index in [1.54, 1.807) is 19.0 Å². The Balaban J connectivity index is 2.34. The average molecular weight is 305 g/mol. The van der Waals surface area contributed by atoms with E-state index in [2.05, 4.69) is 31.5 Å². The van der Waals surface area contributed by atoms with Crippen LogP contribution in [-0.2, 0) is 6.54 Å². The monoisotopic (exact) mass is 305 g/mol. The third-order valence-corrected chi connectivity index (χ3v) is 4.41. The van der Waals surface area contributed by atoms with Crippen molar-refractivity contribution < 1.29 is 4.79 Å². The Morgan fingerprint density at radius 2 is 2.10 bits per heavy atom. The molecule has 5 heteroatoms.